The fraction of sp³-hybridized carbons (Fsp3) is 0.452. The van der Waals surface area contributed by atoms with Crippen LogP contribution in [-0.4, -0.2) is 136 Å². The molecule has 20 heteroatoms. The van der Waals surface area contributed by atoms with Gasteiger partial charge in [-0.2, -0.15) is 5.10 Å². The van der Waals surface area contributed by atoms with Gasteiger partial charge >= 0.3 is 23.9 Å². The van der Waals surface area contributed by atoms with Crippen LogP contribution in [0.3, 0.4) is 0 Å². The van der Waals surface area contributed by atoms with Crippen LogP contribution in [0.2, 0.25) is 0 Å². The highest BCUT2D eigenvalue weighted by Gasteiger charge is 2.25. The van der Waals surface area contributed by atoms with E-state index in [1.807, 2.05) is 24.4 Å². The third kappa shape index (κ3) is 13.4. The molecule has 51 heavy (non-hydrogen) atoms. The van der Waals surface area contributed by atoms with Crippen LogP contribution in [0.5, 0.6) is 0 Å². The van der Waals surface area contributed by atoms with Crippen molar-refractivity contribution in [2.45, 2.75) is 19.0 Å². The van der Waals surface area contributed by atoms with Gasteiger partial charge in [0, 0.05) is 31.8 Å². The van der Waals surface area contributed by atoms with Gasteiger partial charge < -0.3 is 49.9 Å². The minimum Gasteiger partial charge on any atom is -0.454 e. The van der Waals surface area contributed by atoms with E-state index in [1.165, 1.54) is 0 Å². The summed E-state index contributed by atoms with van der Waals surface area (Å²) in [6.07, 6.45) is 1.79. The topological polar surface area (TPSA) is 252 Å². The van der Waals surface area contributed by atoms with Gasteiger partial charge in [-0.05, 0) is 11.1 Å². The van der Waals surface area contributed by atoms with Crippen molar-refractivity contribution in [1.82, 2.24) is 31.0 Å². The van der Waals surface area contributed by atoms with E-state index in [2.05, 4.69) is 36.0 Å². The molecule has 3 heterocycles. The summed E-state index contributed by atoms with van der Waals surface area (Å²) >= 11 is 0. The first-order valence-corrected chi connectivity index (χ1v) is 15.7. The van der Waals surface area contributed by atoms with Gasteiger partial charge in [-0.3, -0.25) is 38.2 Å². The third-order valence-electron chi connectivity index (χ3n) is 7.12. The number of hydrogen-bond acceptors (Lipinski definition) is 15. The molecule has 1 unspecified atom stereocenters. The summed E-state index contributed by atoms with van der Waals surface area (Å²) in [4.78, 5) is 99.4. The maximum atomic E-state index is 13.0. The number of carbonyl (C=O) groups excluding carboxylic acids is 8. The number of hydrogen-bond donors (Lipinski definition) is 4. The van der Waals surface area contributed by atoms with Crippen LogP contribution in [0, 0.1) is 0 Å². The summed E-state index contributed by atoms with van der Waals surface area (Å²) in [5, 5.41) is 13.4. The number of aromatic nitrogens is 2. The molecule has 274 valence electrons. The molecule has 0 radical (unpaired) electrons. The highest BCUT2D eigenvalue weighted by Crippen LogP contribution is 2.14. The Hall–Kier alpha value is -6.05. The molecule has 0 spiro atoms. The molecular weight excluding hydrogens is 678 g/mol. The number of cyclic esters (lactones) is 4. The zero-order valence-corrected chi connectivity index (χ0v) is 27.4. The van der Waals surface area contributed by atoms with Gasteiger partial charge in [-0.1, -0.05) is 24.3 Å². The van der Waals surface area contributed by atoms with Crippen molar-refractivity contribution in [3.05, 3.63) is 47.7 Å². The number of nitrogens with zero attached hydrogens (tertiary/aromatic N) is 3. The van der Waals surface area contributed by atoms with Crippen molar-refractivity contribution >= 4 is 53.3 Å². The largest absolute Gasteiger partial charge is 0.454 e. The number of rotatable bonds is 5. The van der Waals surface area contributed by atoms with Crippen LogP contribution in [0.25, 0.3) is 0 Å². The molecule has 2 fully saturated rings. The maximum absolute atomic E-state index is 13.0. The number of carbonyl (C=O) groups is 8. The van der Waals surface area contributed by atoms with E-state index < -0.39 is 99.6 Å². The van der Waals surface area contributed by atoms with Crippen molar-refractivity contribution in [3.8, 4) is 0 Å². The summed E-state index contributed by atoms with van der Waals surface area (Å²) in [5.74, 6) is -6.70. The van der Waals surface area contributed by atoms with Gasteiger partial charge in [0.2, 0.25) is 0 Å². The van der Waals surface area contributed by atoms with Crippen LogP contribution < -0.4 is 26.2 Å². The van der Waals surface area contributed by atoms with Gasteiger partial charge in [-0.25, -0.2) is 4.79 Å². The van der Waals surface area contributed by atoms with E-state index in [1.54, 1.807) is 16.8 Å². The summed E-state index contributed by atoms with van der Waals surface area (Å²) in [6, 6.07) is 7.73. The van der Waals surface area contributed by atoms with Gasteiger partial charge in [0.05, 0.1) is 19.8 Å². The van der Waals surface area contributed by atoms with Crippen molar-refractivity contribution in [2.24, 2.45) is 0 Å². The quantitative estimate of drug-likeness (QED) is 0.172. The monoisotopic (exact) mass is 715 g/mol. The minimum atomic E-state index is -1.33. The molecule has 2 saturated heterocycles. The third-order valence-corrected chi connectivity index (χ3v) is 7.12. The molecule has 1 aromatic carbocycles. The second-order valence-electron chi connectivity index (χ2n) is 11.0. The maximum Gasteiger partial charge on any atom is 0.329 e. The first kappa shape index (κ1) is 37.8. The molecule has 0 aliphatic carbocycles. The zero-order valence-electron chi connectivity index (χ0n) is 27.4. The molecule has 20 nitrogen and oxygen atoms in total. The number of amides is 4. The smallest absolute Gasteiger partial charge is 0.329 e. The zero-order chi connectivity index (χ0) is 36.6. The number of benzene rings is 1. The van der Waals surface area contributed by atoms with Crippen molar-refractivity contribution < 1.29 is 62.0 Å². The molecular formula is C31H37N7O13. The second-order valence-corrected chi connectivity index (χ2v) is 11.0. The molecule has 0 saturated carbocycles. The average molecular weight is 716 g/mol. The van der Waals surface area contributed by atoms with E-state index in [9.17, 15) is 38.4 Å². The van der Waals surface area contributed by atoms with Crippen LogP contribution in [0.1, 0.15) is 11.1 Å². The Morgan fingerprint density at radius 3 is 1.67 bits per heavy atom. The lowest BCUT2D eigenvalue weighted by atomic mass is 10.0. The van der Waals surface area contributed by atoms with Crippen molar-refractivity contribution in [2.75, 3.05) is 77.3 Å². The molecule has 1 aromatic heterocycles. The van der Waals surface area contributed by atoms with E-state index in [0.717, 1.165) is 24.5 Å². The van der Waals surface area contributed by atoms with Crippen LogP contribution >= 0.6 is 0 Å². The number of esters is 4. The summed E-state index contributed by atoms with van der Waals surface area (Å²) in [7, 11) is 0. The average Bonchev–Trinajstić information content (AvgIpc) is 3.60. The van der Waals surface area contributed by atoms with Gasteiger partial charge in [0.25, 0.3) is 23.6 Å². The second kappa shape index (κ2) is 19.2. The molecule has 4 N–H and O–H groups in total. The summed E-state index contributed by atoms with van der Waals surface area (Å²) in [5.41, 5.74) is 1.52. The molecule has 2 aliphatic heterocycles. The van der Waals surface area contributed by atoms with Crippen LogP contribution in [-0.2, 0) is 75.0 Å². The normalized spacial score (nSPS) is 19.9. The van der Waals surface area contributed by atoms with E-state index in [-0.39, 0.29) is 6.42 Å². The van der Waals surface area contributed by atoms with Gasteiger partial charge in [0.15, 0.2) is 32.2 Å². The molecule has 4 amide bonds. The lowest BCUT2D eigenvalue weighted by Crippen LogP contribution is -2.46. The first-order chi connectivity index (χ1) is 24.5. The van der Waals surface area contributed by atoms with E-state index >= 15 is 0 Å². The Morgan fingerprint density at radius 1 is 0.627 bits per heavy atom. The van der Waals surface area contributed by atoms with Gasteiger partial charge in [0.1, 0.15) is 25.7 Å². The highest BCUT2D eigenvalue weighted by atomic mass is 16.6. The minimum absolute atomic E-state index is 0.0768. The fourth-order valence-corrected chi connectivity index (χ4v) is 4.53. The first-order valence-electron chi connectivity index (χ1n) is 15.7. The van der Waals surface area contributed by atoms with Crippen molar-refractivity contribution in [3.63, 3.8) is 0 Å². The number of morpholine rings is 1. The van der Waals surface area contributed by atoms with Crippen molar-refractivity contribution in [1.29, 1.82) is 0 Å². The van der Waals surface area contributed by atoms with Gasteiger partial charge in [-0.15, -0.1) is 0 Å². The Bertz CT molecular complexity index is 1590. The number of ether oxygens (including phenoxy) is 5. The lowest BCUT2D eigenvalue weighted by molar-refractivity contribution is -0.154. The lowest BCUT2D eigenvalue weighted by Gasteiger charge is -2.26. The molecule has 2 aromatic rings. The Labute approximate surface area is 290 Å². The summed E-state index contributed by atoms with van der Waals surface area (Å²) < 4.78 is 26.5. The van der Waals surface area contributed by atoms with Crippen LogP contribution in [0.15, 0.2) is 36.5 Å². The Morgan fingerprint density at radius 2 is 1.12 bits per heavy atom. The highest BCUT2D eigenvalue weighted by molar-refractivity contribution is 5.90. The number of nitrogens with one attached hydrogen (secondary N) is 4. The number of anilines is 1. The molecule has 1 atom stereocenters. The standard InChI is InChI=1S/C31H37N7O13/c39-24-16-49-29(44)13-34-26(41)18-51-31(46)22(35-27(42)19-50-30(45)14-33-25(40)17-48-28(43)12-32-24)11-20-1-3-21(4-2-20)15-38-6-5-23(36-38)37-7-9-47-10-8-37/h1-6,22H,7-19H2,(H,32,39)(H,33,40)(H,34,41)(H,35,42). The molecule has 2 aliphatic rings. The summed E-state index contributed by atoms with van der Waals surface area (Å²) in [6.45, 7) is -1.98. The SMILES string of the molecule is O=C1COC(=O)CNC(=O)COC(=O)C(Cc2ccc(Cn3ccc(N4CCOCC4)n3)cc2)NC(=O)COC(=O)CNC(=O)COC(=O)CN1. The van der Waals surface area contributed by atoms with Crippen LogP contribution in [0.4, 0.5) is 5.82 Å². The molecule has 0 bridgehead atoms. The predicted molar refractivity (Wildman–Crippen MR) is 169 cm³/mol. The Balaban J connectivity index is 1.37. The predicted octanol–water partition coefficient (Wildman–Crippen LogP) is -3.67. The Kier molecular flexibility index (Phi) is 14.2. The van der Waals surface area contributed by atoms with E-state index in [0.29, 0.717) is 25.3 Å². The fourth-order valence-electron chi connectivity index (χ4n) is 4.53. The molecule has 4 rings (SSSR count). The van der Waals surface area contributed by atoms with E-state index in [4.69, 9.17) is 18.9 Å².